The van der Waals surface area contributed by atoms with Gasteiger partial charge in [0.2, 0.25) is 0 Å². The normalized spacial score (nSPS) is 13.3. The van der Waals surface area contributed by atoms with Gasteiger partial charge >= 0.3 is 0 Å². The predicted octanol–water partition coefficient (Wildman–Crippen LogP) is 4.52. The fraction of sp³-hybridized carbons (Fsp3) is 0.190. The number of fused-ring (bicyclic) bond motifs is 2. The van der Waals surface area contributed by atoms with Crippen molar-refractivity contribution in [3.63, 3.8) is 0 Å². The third-order valence-electron chi connectivity index (χ3n) is 4.78. The molecule has 3 aromatic rings. The lowest BCUT2D eigenvalue weighted by Crippen LogP contribution is -2.31. The van der Waals surface area contributed by atoms with E-state index < -0.39 is 17.6 Å². The highest BCUT2D eigenvalue weighted by molar-refractivity contribution is 6.31. The van der Waals surface area contributed by atoms with Crippen molar-refractivity contribution in [2.75, 3.05) is 18.4 Å². The standard InChI is InChI=1S/C21H17ClFN3O2/c22-13-6-7-14-17(8-10-25-18(14)12-13)24-9-1-2-11-26-20(27)15-4-3-5-16(23)19(15)21(26)28/h3-8,10,12H,1-2,9,11H2,(H,24,25). The smallest absolute Gasteiger partial charge is 0.264 e. The number of pyridine rings is 1. The van der Waals surface area contributed by atoms with Crippen LogP contribution in [-0.2, 0) is 0 Å². The molecule has 0 radical (unpaired) electrons. The van der Waals surface area contributed by atoms with E-state index in [2.05, 4.69) is 10.3 Å². The Labute approximate surface area is 166 Å². The first-order chi connectivity index (χ1) is 13.6. The van der Waals surface area contributed by atoms with E-state index in [0.29, 0.717) is 18.0 Å². The monoisotopic (exact) mass is 397 g/mol. The molecule has 5 nitrogen and oxygen atoms in total. The lowest BCUT2D eigenvalue weighted by Gasteiger charge is -2.14. The second-order valence-corrected chi connectivity index (χ2v) is 7.01. The molecule has 28 heavy (non-hydrogen) atoms. The van der Waals surface area contributed by atoms with Crippen LogP contribution in [0.25, 0.3) is 10.9 Å². The van der Waals surface area contributed by atoms with Gasteiger partial charge in [-0.25, -0.2) is 4.39 Å². The molecule has 1 aliphatic heterocycles. The molecule has 1 aromatic heterocycles. The van der Waals surface area contributed by atoms with Crippen LogP contribution in [0.5, 0.6) is 0 Å². The van der Waals surface area contributed by atoms with Crippen molar-refractivity contribution >= 4 is 40.0 Å². The summed E-state index contributed by atoms with van der Waals surface area (Å²) in [5.41, 5.74) is 1.78. The quantitative estimate of drug-likeness (QED) is 0.491. The summed E-state index contributed by atoms with van der Waals surface area (Å²) in [6, 6.07) is 11.6. The number of unbranched alkanes of at least 4 members (excludes halogenated alkanes) is 1. The van der Waals surface area contributed by atoms with Crippen molar-refractivity contribution in [2.24, 2.45) is 0 Å². The Kier molecular flexibility index (Phi) is 4.96. The molecule has 1 aliphatic rings. The molecule has 2 heterocycles. The summed E-state index contributed by atoms with van der Waals surface area (Å²) in [5, 5.41) is 4.96. The number of hydrogen-bond donors (Lipinski definition) is 1. The summed E-state index contributed by atoms with van der Waals surface area (Å²) in [5.74, 6) is -1.63. The van der Waals surface area contributed by atoms with E-state index in [1.165, 1.54) is 18.2 Å². The van der Waals surface area contributed by atoms with E-state index in [0.717, 1.165) is 27.9 Å². The van der Waals surface area contributed by atoms with E-state index in [9.17, 15) is 14.0 Å². The highest BCUT2D eigenvalue weighted by Gasteiger charge is 2.37. The second kappa shape index (κ2) is 7.56. The molecule has 0 atom stereocenters. The zero-order valence-electron chi connectivity index (χ0n) is 14.9. The maximum Gasteiger partial charge on any atom is 0.264 e. The summed E-state index contributed by atoms with van der Waals surface area (Å²) in [6.07, 6.45) is 3.08. The molecule has 7 heteroatoms. The Morgan fingerprint density at radius 2 is 1.93 bits per heavy atom. The first-order valence-corrected chi connectivity index (χ1v) is 9.37. The van der Waals surface area contributed by atoms with Gasteiger partial charge in [0.05, 0.1) is 16.6 Å². The van der Waals surface area contributed by atoms with E-state index in [4.69, 9.17) is 11.6 Å². The molecular formula is C21H17ClFN3O2. The van der Waals surface area contributed by atoms with Crippen LogP contribution in [0.1, 0.15) is 33.6 Å². The van der Waals surface area contributed by atoms with Crippen LogP contribution in [0.3, 0.4) is 0 Å². The summed E-state index contributed by atoms with van der Waals surface area (Å²) >= 11 is 6.00. The van der Waals surface area contributed by atoms with Gasteiger partial charge in [0.15, 0.2) is 0 Å². The number of rotatable bonds is 6. The van der Waals surface area contributed by atoms with E-state index in [1.54, 1.807) is 6.20 Å². The van der Waals surface area contributed by atoms with Crippen molar-refractivity contribution in [1.82, 2.24) is 9.88 Å². The number of halogens is 2. The van der Waals surface area contributed by atoms with Gasteiger partial charge in [-0.05, 0) is 49.2 Å². The topological polar surface area (TPSA) is 62.3 Å². The number of imide groups is 1. The van der Waals surface area contributed by atoms with Crippen molar-refractivity contribution in [1.29, 1.82) is 0 Å². The average Bonchev–Trinajstić information content (AvgIpc) is 2.93. The van der Waals surface area contributed by atoms with E-state index >= 15 is 0 Å². The molecule has 0 bridgehead atoms. The maximum atomic E-state index is 13.8. The molecule has 0 unspecified atom stereocenters. The second-order valence-electron chi connectivity index (χ2n) is 6.58. The lowest BCUT2D eigenvalue weighted by atomic mass is 10.1. The Balaban J connectivity index is 1.33. The highest BCUT2D eigenvalue weighted by Crippen LogP contribution is 2.26. The fourth-order valence-electron chi connectivity index (χ4n) is 3.39. The summed E-state index contributed by atoms with van der Waals surface area (Å²) in [7, 11) is 0. The number of carbonyl (C=O) groups excluding carboxylic acids is 2. The summed E-state index contributed by atoms with van der Waals surface area (Å²) < 4.78 is 13.8. The molecule has 0 spiro atoms. The minimum Gasteiger partial charge on any atom is -0.384 e. The molecule has 2 amide bonds. The van der Waals surface area contributed by atoms with Crippen LogP contribution in [0.2, 0.25) is 5.02 Å². The van der Waals surface area contributed by atoms with Crippen LogP contribution in [0, 0.1) is 5.82 Å². The molecule has 0 saturated heterocycles. The molecular weight excluding hydrogens is 381 g/mol. The lowest BCUT2D eigenvalue weighted by molar-refractivity contribution is 0.0651. The van der Waals surface area contributed by atoms with Gasteiger partial charge in [0.25, 0.3) is 11.8 Å². The van der Waals surface area contributed by atoms with Crippen LogP contribution in [0.15, 0.2) is 48.7 Å². The van der Waals surface area contributed by atoms with Crippen molar-refractivity contribution in [3.8, 4) is 0 Å². The Morgan fingerprint density at radius 3 is 2.75 bits per heavy atom. The predicted molar refractivity (Wildman–Crippen MR) is 106 cm³/mol. The highest BCUT2D eigenvalue weighted by atomic mass is 35.5. The maximum absolute atomic E-state index is 13.8. The molecule has 0 saturated carbocycles. The van der Waals surface area contributed by atoms with Gasteiger partial charge in [-0.3, -0.25) is 19.5 Å². The third-order valence-corrected chi connectivity index (χ3v) is 5.01. The van der Waals surface area contributed by atoms with Gasteiger partial charge in [-0.15, -0.1) is 0 Å². The Bertz CT molecular complexity index is 1090. The van der Waals surface area contributed by atoms with E-state index in [1.807, 2.05) is 24.3 Å². The van der Waals surface area contributed by atoms with E-state index in [-0.39, 0.29) is 17.7 Å². The SMILES string of the molecule is O=C1c2cccc(F)c2C(=O)N1CCCCNc1ccnc2cc(Cl)ccc12. The number of benzene rings is 2. The number of anilines is 1. The van der Waals surface area contributed by atoms with Gasteiger partial charge in [0.1, 0.15) is 5.82 Å². The number of nitrogens with one attached hydrogen (secondary N) is 1. The summed E-state index contributed by atoms with van der Waals surface area (Å²) in [4.78, 5) is 30.1. The number of nitrogens with zero attached hydrogens (tertiary/aromatic N) is 2. The van der Waals surface area contributed by atoms with Crippen molar-refractivity contribution < 1.29 is 14.0 Å². The Hall–Kier alpha value is -2.99. The van der Waals surface area contributed by atoms with Crippen LogP contribution >= 0.6 is 11.6 Å². The zero-order valence-corrected chi connectivity index (χ0v) is 15.7. The number of amides is 2. The van der Waals surface area contributed by atoms with Crippen LogP contribution in [-0.4, -0.2) is 34.8 Å². The van der Waals surface area contributed by atoms with Crippen molar-refractivity contribution in [2.45, 2.75) is 12.8 Å². The van der Waals surface area contributed by atoms with Crippen molar-refractivity contribution in [3.05, 3.63) is 70.6 Å². The third kappa shape index (κ3) is 3.31. The first-order valence-electron chi connectivity index (χ1n) is 8.99. The Morgan fingerprint density at radius 1 is 1.07 bits per heavy atom. The minimum atomic E-state index is -0.648. The number of aromatic nitrogens is 1. The molecule has 1 N–H and O–H groups in total. The first kappa shape index (κ1) is 18.4. The number of carbonyl (C=O) groups is 2. The molecule has 2 aromatic carbocycles. The average molecular weight is 398 g/mol. The molecule has 142 valence electrons. The fourth-order valence-corrected chi connectivity index (χ4v) is 3.56. The minimum absolute atomic E-state index is 0.118. The van der Waals surface area contributed by atoms with Gasteiger partial charge < -0.3 is 5.32 Å². The number of hydrogen-bond acceptors (Lipinski definition) is 4. The molecule has 0 aliphatic carbocycles. The summed E-state index contributed by atoms with van der Waals surface area (Å²) in [6.45, 7) is 0.930. The van der Waals surface area contributed by atoms with Crippen LogP contribution < -0.4 is 5.32 Å². The van der Waals surface area contributed by atoms with Gasteiger partial charge in [0, 0.05) is 35.4 Å². The zero-order chi connectivity index (χ0) is 19.7. The molecule has 4 rings (SSSR count). The molecule has 0 fully saturated rings. The largest absolute Gasteiger partial charge is 0.384 e. The van der Waals surface area contributed by atoms with Crippen LogP contribution in [0.4, 0.5) is 10.1 Å². The van der Waals surface area contributed by atoms with Gasteiger partial charge in [-0.2, -0.15) is 0 Å². The van der Waals surface area contributed by atoms with Gasteiger partial charge in [-0.1, -0.05) is 17.7 Å².